The van der Waals surface area contributed by atoms with Gasteiger partial charge in [-0.15, -0.1) is 0 Å². The molecule has 0 spiro atoms. The van der Waals surface area contributed by atoms with Gasteiger partial charge in [-0.25, -0.2) is 4.58 Å². The van der Waals surface area contributed by atoms with Gasteiger partial charge in [-0.2, -0.15) is 0 Å². The van der Waals surface area contributed by atoms with Crippen LogP contribution in [-0.4, -0.2) is 45.6 Å². The molecule has 0 saturated heterocycles. The summed E-state index contributed by atoms with van der Waals surface area (Å²) in [6, 6.07) is 3.63. The number of methoxy groups -OCH3 is 1. The van der Waals surface area contributed by atoms with Gasteiger partial charge in [0.05, 0.1) is 17.4 Å². The van der Waals surface area contributed by atoms with Gasteiger partial charge in [0.1, 0.15) is 18.2 Å². The van der Waals surface area contributed by atoms with Crippen LogP contribution in [0.5, 0.6) is 0 Å². The van der Waals surface area contributed by atoms with Crippen LogP contribution in [-0.2, 0) is 9.53 Å². The Morgan fingerprint density at radius 3 is 2.79 bits per heavy atom. The van der Waals surface area contributed by atoms with Gasteiger partial charge in [-0.1, -0.05) is 0 Å². The molecule has 19 heavy (non-hydrogen) atoms. The second kappa shape index (κ2) is 5.09. The quantitative estimate of drug-likeness (QED) is 0.841. The third-order valence-electron chi connectivity index (χ3n) is 3.86. The first kappa shape index (κ1) is 13.7. The molecule has 1 aliphatic rings. The third kappa shape index (κ3) is 2.14. The van der Waals surface area contributed by atoms with E-state index in [1.807, 2.05) is 31.4 Å². The summed E-state index contributed by atoms with van der Waals surface area (Å²) in [5.41, 5.74) is 1.54. The molecule has 2 heterocycles. The van der Waals surface area contributed by atoms with E-state index in [0.717, 1.165) is 17.1 Å². The summed E-state index contributed by atoms with van der Waals surface area (Å²) in [7, 11) is 1.65. The van der Waals surface area contributed by atoms with Crippen molar-refractivity contribution in [2.75, 3.05) is 7.11 Å². The van der Waals surface area contributed by atoms with E-state index in [2.05, 4.69) is 4.98 Å². The Morgan fingerprint density at radius 1 is 1.53 bits per heavy atom. The maximum atomic E-state index is 11.5. The fraction of sp³-hybridized carbons (Fsp3) is 0.500. The normalized spacial score (nSPS) is 21.2. The topological polar surface area (TPSA) is 62.4 Å². The summed E-state index contributed by atoms with van der Waals surface area (Å²) in [4.78, 5) is 15.8. The van der Waals surface area contributed by atoms with Crippen LogP contribution >= 0.6 is 0 Å². The molecule has 0 aromatic carbocycles. The first-order chi connectivity index (χ1) is 8.99. The smallest absolute Gasteiger partial charge is 0.327 e. The Labute approximate surface area is 112 Å². The van der Waals surface area contributed by atoms with E-state index < -0.39 is 11.9 Å². The zero-order chi connectivity index (χ0) is 14.2. The van der Waals surface area contributed by atoms with E-state index in [4.69, 9.17) is 4.74 Å². The highest BCUT2D eigenvalue weighted by Crippen LogP contribution is 2.35. The molecule has 5 nitrogen and oxygen atoms in total. The predicted octanol–water partition coefficient (Wildman–Crippen LogP) is 1.79. The van der Waals surface area contributed by atoms with Gasteiger partial charge in [-0.05, 0) is 37.9 Å². The molecule has 0 bridgehead atoms. The largest absolute Gasteiger partial charge is 0.480 e. The maximum Gasteiger partial charge on any atom is 0.327 e. The average Bonchev–Trinajstić information content (AvgIpc) is 2.69. The van der Waals surface area contributed by atoms with Crippen molar-refractivity contribution in [2.45, 2.75) is 38.8 Å². The molecule has 3 atom stereocenters. The summed E-state index contributed by atoms with van der Waals surface area (Å²) in [6.07, 6.45) is 1.67. The summed E-state index contributed by atoms with van der Waals surface area (Å²) in [5, 5.41) is 9.42. The number of carboxylic acids is 1. The molecular weight excluding hydrogens is 244 g/mol. The molecule has 1 aromatic rings. The molecule has 5 heteroatoms. The van der Waals surface area contributed by atoms with Crippen LogP contribution in [0.2, 0.25) is 0 Å². The van der Waals surface area contributed by atoms with Gasteiger partial charge in [0.2, 0.25) is 0 Å². The monoisotopic (exact) mass is 263 g/mol. The number of hydrogen-bond donors (Lipinski definition) is 1. The van der Waals surface area contributed by atoms with E-state index in [1.165, 1.54) is 0 Å². The second-order valence-electron chi connectivity index (χ2n) is 4.88. The highest BCUT2D eigenvalue weighted by Gasteiger charge is 2.43. The number of fused-ring (bicyclic) bond motifs is 1. The predicted molar refractivity (Wildman–Crippen MR) is 71.1 cm³/mol. The lowest BCUT2D eigenvalue weighted by Crippen LogP contribution is -2.34. The summed E-state index contributed by atoms with van der Waals surface area (Å²) in [6.45, 7) is 5.83. The zero-order valence-corrected chi connectivity index (χ0v) is 11.6. The number of carboxylic acid groups (broad SMARTS) is 1. The van der Waals surface area contributed by atoms with Crippen LogP contribution in [0.1, 0.15) is 32.3 Å². The average molecular weight is 263 g/mol. The number of rotatable bonds is 4. The van der Waals surface area contributed by atoms with Gasteiger partial charge < -0.3 is 9.84 Å². The van der Waals surface area contributed by atoms with Crippen LogP contribution in [0, 0.1) is 0 Å². The SMILES string of the molecule is COC(C)C(C)[N+]1=C(C)C(C(=O)O)c2cccnc21. The van der Waals surface area contributed by atoms with Crippen molar-refractivity contribution in [3.05, 3.63) is 23.9 Å². The second-order valence-corrected chi connectivity index (χ2v) is 4.88. The Bertz CT molecular complexity index is 539. The Hall–Kier alpha value is -1.75. The molecule has 1 aromatic heterocycles. The van der Waals surface area contributed by atoms with E-state index in [9.17, 15) is 9.90 Å². The van der Waals surface area contributed by atoms with Crippen molar-refractivity contribution in [2.24, 2.45) is 0 Å². The van der Waals surface area contributed by atoms with Gasteiger partial charge in [0.15, 0.2) is 0 Å². The lowest BCUT2D eigenvalue weighted by Gasteiger charge is -2.18. The molecular formula is C14H19N2O3+. The van der Waals surface area contributed by atoms with Crippen molar-refractivity contribution in [3.8, 4) is 0 Å². The number of aliphatic carboxylic acids is 1. The summed E-state index contributed by atoms with van der Waals surface area (Å²) >= 11 is 0. The standard InChI is InChI=1S/C14H18N2O3/c1-8(10(3)19-4)16-9(2)12(14(17)18)11-6-5-7-15-13(11)16/h5-8,10,12H,1-4H3/p+1. The van der Waals surface area contributed by atoms with Crippen LogP contribution < -0.4 is 0 Å². The first-order valence-electron chi connectivity index (χ1n) is 6.32. The van der Waals surface area contributed by atoms with Gasteiger partial charge in [0, 0.05) is 7.11 Å². The van der Waals surface area contributed by atoms with Gasteiger partial charge in [0.25, 0.3) is 0 Å². The van der Waals surface area contributed by atoms with Crippen LogP contribution in [0.4, 0.5) is 5.82 Å². The maximum absolute atomic E-state index is 11.5. The van der Waals surface area contributed by atoms with Crippen molar-refractivity contribution in [3.63, 3.8) is 0 Å². The third-order valence-corrected chi connectivity index (χ3v) is 3.86. The van der Waals surface area contributed by atoms with Crippen molar-refractivity contribution < 1.29 is 19.2 Å². The highest BCUT2D eigenvalue weighted by molar-refractivity contribution is 6.06. The minimum Gasteiger partial charge on any atom is -0.480 e. The van der Waals surface area contributed by atoms with Crippen molar-refractivity contribution in [1.29, 1.82) is 0 Å². The number of aromatic nitrogens is 1. The molecule has 0 aliphatic carbocycles. The molecule has 1 aliphatic heterocycles. The number of pyridine rings is 1. The van der Waals surface area contributed by atoms with E-state index in [1.54, 1.807) is 19.4 Å². The van der Waals surface area contributed by atoms with E-state index >= 15 is 0 Å². The van der Waals surface area contributed by atoms with E-state index in [0.29, 0.717) is 0 Å². The molecule has 0 saturated carbocycles. The summed E-state index contributed by atoms with van der Waals surface area (Å²) in [5.74, 6) is -0.731. The Balaban J connectivity index is 2.55. The summed E-state index contributed by atoms with van der Waals surface area (Å²) < 4.78 is 7.33. The molecule has 0 radical (unpaired) electrons. The van der Waals surface area contributed by atoms with E-state index in [-0.39, 0.29) is 12.1 Å². The molecule has 0 fully saturated rings. The first-order valence-corrected chi connectivity index (χ1v) is 6.32. The Kier molecular flexibility index (Phi) is 3.66. The van der Waals surface area contributed by atoms with Gasteiger partial charge in [-0.3, -0.25) is 4.79 Å². The molecule has 0 amide bonds. The Morgan fingerprint density at radius 2 is 2.21 bits per heavy atom. The van der Waals surface area contributed by atoms with Crippen LogP contribution in [0.25, 0.3) is 0 Å². The van der Waals surface area contributed by atoms with Crippen molar-refractivity contribution >= 4 is 17.5 Å². The molecule has 102 valence electrons. The lowest BCUT2D eigenvalue weighted by atomic mass is 9.99. The minimum atomic E-state index is -0.841. The van der Waals surface area contributed by atoms with Crippen LogP contribution in [0.15, 0.2) is 18.3 Å². The van der Waals surface area contributed by atoms with Crippen molar-refractivity contribution in [1.82, 2.24) is 4.98 Å². The number of hydrogen-bond acceptors (Lipinski definition) is 3. The number of ether oxygens (including phenoxy) is 1. The van der Waals surface area contributed by atoms with Gasteiger partial charge >= 0.3 is 11.8 Å². The lowest BCUT2D eigenvalue weighted by molar-refractivity contribution is -0.495. The number of nitrogens with zero attached hydrogens (tertiary/aromatic N) is 2. The van der Waals surface area contributed by atoms with Crippen LogP contribution in [0.3, 0.4) is 0 Å². The fourth-order valence-corrected chi connectivity index (χ4v) is 2.60. The molecule has 3 unspecified atom stereocenters. The molecule has 1 N–H and O–H groups in total. The zero-order valence-electron chi connectivity index (χ0n) is 11.6. The minimum absolute atomic E-state index is 0.0163. The highest BCUT2D eigenvalue weighted by atomic mass is 16.5. The number of carbonyl (C=O) groups is 1. The molecule has 2 rings (SSSR count). The fourth-order valence-electron chi connectivity index (χ4n) is 2.60.